The van der Waals surface area contributed by atoms with Crippen molar-refractivity contribution in [3.8, 4) is 22.5 Å². The number of amides is 2. The highest BCUT2D eigenvalue weighted by molar-refractivity contribution is 7.10. The van der Waals surface area contributed by atoms with Gasteiger partial charge in [0.15, 0.2) is 0 Å². The molecule has 5 aliphatic heterocycles. The van der Waals surface area contributed by atoms with E-state index >= 15 is 4.79 Å². The first-order valence-electron chi connectivity index (χ1n) is 28.0. The van der Waals surface area contributed by atoms with Crippen LogP contribution in [0.15, 0.2) is 60.2 Å². The largest absolute Gasteiger partial charge is 0.464 e. The molecule has 6 bridgehead atoms. The van der Waals surface area contributed by atoms with Gasteiger partial charge in [-0.25, -0.2) is 19.2 Å². The van der Waals surface area contributed by atoms with Crippen LogP contribution in [-0.2, 0) is 55.8 Å². The fourth-order valence-corrected chi connectivity index (χ4v) is 13.0. The smallest absolute Gasteiger partial charge is 0.324 e. The van der Waals surface area contributed by atoms with E-state index in [1.807, 2.05) is 43.6 Å². The molecule has 1 aliphatic carbocycles. The highest BCUT2D eigenvalue weighted by Crippen LogP contribution is 2.53. The first-order valence-corrected chi connectivity index (χ1v) is 28.9. The van der Waals surface area contributed by atoms with Gasteiger partial charge in [-0.3, -0.25) is 34.3 Å². The number of carbonyl (C=O) groups is 3. The van der Waals surface area contributed by atoms with Crippen molar-refractivity contribution < 1.29 is 51.6 Å². The number of halogens is 2. The van der Waals surface area contributed by atoms with Gasteiger partial charge in [-0.05, 0) is 80.8 Å². The average Bonchev–Trinajstić information content (AvgIpc) is 4.02. The molecular weight excluding hydrogens is 1040 g/mol. The average molecular weight is 1110 g/mol. The number of thiazole rings is 1. The fraction of sp³-hybridized carbons (Fsp3) is 0.586. The number of methoxy groups -OCH3 is 1. The Morgan fingerprint density at radius 3 is 2.54 bits per heavy atom. The van der Waals surface area contributed by atoms with E-state index in [0.29, 0.717) is 57.4 Å². The van der Waals surface area contributed by atoms with E-state index in [1.54, 1.807) is 19.4 Å². The zero-order valence-electron chi connectivity index (χ0n) is 45.7. The number of aromatic nitrogens is 4. The van der Waals surface area contributed by atoms with Gasteiger partial charge in [-0.2, -0.15) is 0 Å². The van der Waals surface area contributed by atoms with E-state index < -0.39 is 60.3 Å². The molecule has 2 amide bonds. The van der Waals surface area contributed by atoms with Gasteiger partial charge in [0.05, 0.1) is 73.6 Å². The summed E-state index contributed by atoms with van der Waals surface area (Å²) in [5, 5.41) is 7.23. The Labute approximate surface area is 463 Å². The molecule has 5 aromatic rings. The number of pyridine rings is 2. The van der Waals surface area contributed by atoms with Crippen LogP contribution in [0, 0.1) is 17.3 Å². The molecule has 0 unspecified atom stereocenters. The molecule has 18 nitrogen and oxygen atoms in total. The van der Waals surface area contributed by atoms with Crippen LogP contribution in [0.4, 0.5) is 14.5 Å². The second kappa shape index (κ2) is 23.9. The maximum absolute atomic E-state index is 15.0. The number of rotatable bonds is 15. The van der Waals surface area contributed by atoms with Crippen LogP contribution in [0.25, 0.3) is 33.4 Å². The van der Waals surface area contributed by atoms with Gasteiger partial charge in [-0.1, -0.05) is 32.9 Å². The minimum Gasteiger partial charge on any atom is -0.464 e. The Balaban J connectivity index is 1.04. The summed E-state index contributed by atoms with van der Waals surface area (Å²) in [5.74, 6) is -2.49. The zero-order valence-corrected chi connectivity index (χ0v) is 46.6. The summed E-state index contributed by atoms with van der Waals surface area (Å²) < 4.78 is 67.1. The third-order valence-electron chi connectivity index (χ3n) is 16.8. The van der Waals surface area contributed by atoms with Crippen LogP contribution in [-0.4, -0.2) is 164 Å². The number of carbonyl (C=O) groups excluding carboxylic acids is 3. The summed E-state index contributed by atoms with van der Waals surface area (Å²) in [5.41, 5.74) is 10.1. The number of fused-ring (bicyclic) bond motifs is 6. The summed E-state index contributed by atoms with van der Waals surface area (Å²) in [7, 11) is 1.69. The lowest BCUT2D eigenvalue weighted by molar-refractivity contribution is -0.157. The van der Waals surface area contributed by atoms with E-state index in [0.717, 1.165) is 103 Å². The predicted octanol–water partition coefficient (Wildman–Crippen LogP) is 7.12. The molecule has 4 aromatic heterocycles. The number of nitrogens with zero attached hydrogens (tertiary/aromatic N) is 7. The number of ether oxygens (including phenoxy) is 6. The van der Waals surface area contributed by atoms with Gasteiger partial charge < -0.3 is 43.2 Å². The first-order chi connectivity index (χ1) is 38.2. The Kier molecular flexibility index (Phi) is 16.8. The summed E-state index contributed by atoms with van der Waals surface area (Å²) in [6.07, 6.45) is 1.88. The van der Waals surface area contributed by atoms with Gasteiger partial charge in [0.25, 0.3) is 12.3 Å². The zero-order chi connectivity index (χ0) is 55.0. The highest BCUT2D eigenvalue weighted by atomic mass is 32.1. The van der Waals surface area contributed by atoms with Gasteiger partial charge in [0.1, 0.15) is 29.8 Å². The van der Waals surface area contributed by atoms with Gasteiger partial charge >= 0.3 is 5.97 Å². The minimum absolute atomic E-state index is 0.0429. The van der Waals surface area contributed by atoms with Gasteiger partial charge in [0.2, 0.25) is 5.91 Å². The van der Waals surface area contributed by atoms with Crippen LogP contribution in [0.1, 0.15) is 93.5 Å². The summed E-state index contributed by atoms with van der Waals surface area (Å²) >= 11 is 1.17. The van der Waals surface area contributed by atoms with Crippen LogP contribution >= 0.6 is 11.3 Å². The Bertz CT molecular complexity index is 2960. The maximum atomic E-state index is 15.0. The van der Waals surface area contributed by atoms with E-state index in [-0.39, 0.29) is 42.2 Å². The second-order valence-electron chi connectivity index (χ2n) is 22.7. The fourth-order valence-electron chi connectivity index (χ4n) is 12.1. The molecule has 0 radical (unpaired) electrons. The van der Waals surface area contributed by atoms with Gasteiger partial charge in [-0.15, -0.1) is 11.3 Å². The molecule has 9 heterocycles. The van der Waals surface area contributed by atoms with E-state index in [1.165, 1.54) is 16.3 Å². The monoisotopic (exact) mass is 1110 g/mol. The van der Waals surface area contributed by atoms with Crippen LogP contribution < -0.4 is 15.6 Å². The van der Waals surface area contributed by atoms with Gasteiger partial charge in [0, 0.05) is 116 Å². The summed E-state index contributed by atoms with van der Waals surface area (Å²) in [4.78, 5) is 63.5. The number of hydrogen-bond acceptors (Lipinski definition) is 16. The van der Waals surface area contributed by atoms with Crippen LogP contribution in [0.2, 0.25) is 0 Å². The lowest BCUT2D eigenvalue weighted by atomic mass is 9.84. The van der Waals surface area contributed by atoms with Crippen LogP contribution in [0.3, 0.4) is 0 Å². The molecule has 21 heteroatoms. The Morgan fingerprint density at radius 2 is 1.81 bits per heavy atom. The van der Waals surface area contributed by atoms with Crippen molar-refractivity contribution >= 4 is 45.7 Å². The number of piperazine rings is 1. The molecule has 4 saturated heterocycles. The molecule has 6 aliphatic rings. The van der Waals surface area contributed by atoms with E-state index in [4.69, 9.17) is 38.4 Å². The van der Waals surface area contributed by atoms with Crippen molar-refractivity contribution in [3.63, 3.8) is 0 Å². The van der Waals surface area contributed by atoms with Crippen LogP contribution in [0.5, 0.6) is 0 Å². The number of esters is 1. The quantitative estimate of drug-likeness (QED) is 0.101. The van der Waals surface area contributed by atoms with Crippen molar-refractivity contribution in [2.24, 2.45) is 17.3 Å². The number of nitrogens with one attached hydrogen (secondary N) is 2. The molecular formula is C58H73F2N9O9S. The normalized spacial score (nSPS) is 25.7. The number of hydrogen-bond donors (Lipinski definition) is 2. The van der Waals surface area contributed by atoms with Crippen molar-refractivity contribution in [2.45, 2.75) is 115 Å². The SMILES string of the molecule is CO[C@@H](C)c1ncc(N2CCN(C3COC3)CC2)cc1-c1c2c3cc(ccc3n1CCOC1CCOCC1)-c1csc(n1)[C@@H](OCC(F)F)[C@H](NC(=O)[C@@H]1[C@@H](C)[C@H]1c1ccccn1)C(=O)N1CCC[C@H](N1)C(=O)OCC(C)(C)C2. The summed E-state index contributed by atoms with van der Waals surface area (Å²) in [6.45, 7) is 14.6. The lowest BCUT2D eigenvalue weighted by Gasteiger charge is -2.43. The second-order valence-corrected chi connectivity index (χ2v) is 23.6. The minimum atomic E-state index is -2.89. The summed E-state index contributed by atoms with van der Waals surface area (Å²) in [6, 6.07) is 12.0. The topological polar surface area (TPSA) is 184 Å². The lowest BCUT2D eigenvalue weighted by Crippen LogP contribution is -2.61. The number of alkyl halides is 2. The molecule has 2 N–H and O–H groups in total. The molecule has 7 atom stereocenters. The molecule has 1 saturated carbocycles. The molecule has 5 fully saturated rings. The highest BCUT2D eigenvalue weighted by Gasteiger charge is 2.54. The first kappa shape index (κ1) is 55.4. The number of benzene rings is 1. The van der Waals surface area contributed by atoms with Crippen molar-refractivity contribution in [3.05, 3.63) is 82.2 Å². The third kappa shape index (κ3) is 12.0. The Hall–Kier alpha value is -5.52. The standard InChI is InChI=1S/C58H73F2N9O9S/c1-34-48(43-9-6-7-15-61-43)49(34)54(70)64-51-53(77-31-47(59)60)55-63-45(32-79-55)36-11-12-46-40(25-36)42(27-58(3,4)33-78-57(72)44-10-8-16-69(65-44)56(51)71)52(68(46)21-24-76-39-13-22-74-23-14-39)41-26-37(28-62-50(41)35(2)73-5)66-17-19-67(20-18-66)38-29-75-30-38/h6-7,9,11-12,15,25-26,28,32,34-35,38-39,44,47-49,51,53,65H,8,10,13-14,16-24,27,29-31,33H2,1-5H3,(H,64,70)/t34-,35-,44-,48-,49+,51-,53-/m0/s1. The number of cyclic esters (lactones) is 1. The van der Waals surface area contributed by atoms with E-state index in [9.17, 15) is 18.4 Å². The molecule has 79 heavy (non-hydrogen) atoms. The maximum Gasteiger partial charge on any atom is 0.324 e. The molecule has 1 aromatic carbocycles. The number of anilines is 1. The van der Waals surface area contributed by atoms with E-state index in [2.05, 4.69) is 62.1 Å². The number of hydrazine groups is 1. The van der Waals surface area contributed by atoms with Crippen molar-refractivity contribution in [1.82, 2.24) is 40.2 Å². The van der Waals surface area contributed by atoms with Crippen molar-refractivity contribution in [1.29, 1.82) is 0 Å². The van der Waals surface area contributed by atoms with Crippen molar-refractivity contribution in [2.75, 3.05) is 91.0 Å². The molecule has 0 spiro atoms. The molecule has 424 valence electrons. The Morgan fingerprint density at radius 1 is 1.00 bits per heavy atom. The molecule has 11 rings (SSSR count). The predicted molar refractivity (Wildman–Crippen MR) is 292 cm³/mol. The third-order valence-corrected chi connectivity index (χ3v) is 17.7.